The van der Waals surface area contributed by atoms with Gasteiger partial charge in [-0.1, -0.05) is 60.7 Å². The van der Waals surface area contributed by atoms with Gasteiger partial charge in [0.15, 0.2) is 12.2 Å². The van der Waals surface area contributed by atoms with Gasteiger partial charge in [0.25, 0.3) is 11.8 Å². The molecule has 2 atom stereocenters. The average Bonchev–Trinajstić information content (AvgIpc) is 2.70. The third kappa shape index (κ3) is 5.62. The van der Waals surface area contributed by atoms with E-state index in [9.17, 15) is 19.8 Å². The Morgan fingerprint density at radius 2 is 1.08 bits per heavy atom. The van der Waals surface area contributed by atoms with Crippen LogP contribution in [0.25, 0.3) is 0 Å². The summed E-state index contributed by atoms with van der Waals surface area (Å²) in [4.78, 5) is 23.4. The number of aliphatic hydroxyl groups excluding tert-OH is 2. The predicted octanol–water partition coefficient (Wildman–Crippen LogP) is 0.658. The van der Waals surface area contributed by atoms with Crippen molar-refractivity contribution in [2.75, 3.05) is 0 Å². The van der Waals surface area contributed by atoms with E-state index in [-0.39, 0.29) is 0 Å². The van der Waals surface area contributed by atoms with Crippen molar-refractivity contribution in [3.8, 4) is 0 Å². The molecule has 0 heterocycles. The molecule has 0 saturated carbocycles. The zero-order valence-electron chi connectivity index (χ0n) is 13.7. The fourth-order valence-electron chi connectivity index (χ4n) is 1.96. The van der Waals surface area contributed by atoms with E-state index in [1.54, 1.807) is 60.7 Å². The minimum absolute atomic E-state index is 0.441. The monoisotopic (exact) mass is 354 g/mol. The zero-order chi connectivity index (χ0) is 18.8. The molecule has 26 heavy (non-hydrogen) atoms. The molecule has 8 heteroatoms. The molecule has 2 aromatic carbocycles. The van der Waals surface area contributed by atoms with Gasteiger partial charge in [0, 0.05) is 0 Å². The number of hydrogen-bond donors (Lipinski definition) is 4. The van der Waals surface area contributed by atoms with E-state index in [2.05, 4.69) is 21.1 Å². The first kappa shape index (κ1) is 19.0. The van der Waals surface area contributed by atoms with Gasteiger partial charge in [0.1, 0.15) is 0 Å². The lowest BCUT2D eigenvalue weighted by Gasteiger charge is -2.08. The van der Waals surface area contributed by atoms with E-state index in [0.29, 0.717) is 11.1 Å². The van der Waals surface area contributed by atoms with Crippen LogP contribution < -0.4 is 10.9 Å². The highest BCUT2D eigenvalue weighted by Gasteiger charge is 2.16. The maximum absolute atomic E-state index is 11.7. The molecule has 0 unspecified atom stereocenters. The number of carbonyl (C=O) groups excluding carboxylic acids is 2. The molecule has 2 amide bonds. The zero-order valence-corrected chi connectivity index (χ0v) is 13.7. The van der Waals surface area contributed by atoms with E-state index < -0.39 is 24.0 Å². The molecule has 2 aromatic rings. The normalized spacial score (nSPS) is 13.5. The average molecular weight is 354 g/mol. The summed E-state index contributed by atoms with van der Waals surface area (Å²) in [6, 6.07) is 16.8. The van der Waals surface area contributed by atoms with E-state index in [1.807, 2.05) is 0 Å². The molecular weight excluding hydrogens is 336 g/mol. The summed E-state index contributed by atoms with van der Waals surface area (Å²) < 4.78 is 0. The SMILES string of the molecule is O=C(N/N=C/C=N/NC(=O)[C@H](O)c1ccccc1)[C@H](O)c1ccccc1. The highest BCUT2D eigenvalue weighted by molar-refractivity contribution is 6.16. The second-order valence-electron chi connectivity index (χ2n) is 5.13. The van der Waals surface area contributed by atoms with E-state index >= 15 is 0 Å². The Morgan fingerprint density at radius 3 is 1.42 bits per heavy atom. The number of nitrogens with zero attached hydrogens (tertiary/aromatic N) is 2. The number of hydrazone groups is 2. The Balaban J connectivity index is 1.76. The maximum Gasteiger partial charge on any atom is 0.273 e. The highest BCUT2D eigenvalue weighted by Crippen LogP contribution is 2.12. The van der Waals surface area contributed by atoms with Gasteiger partial charge >= 0.3 is 0 Å². The maximum atomic E-state index is 11.7. The third-order valence-electron chi connectivity index (χ3n) is 3.29. The molecular formula is C18H18N4O4. The summed E-state index contributed by atoms with van der Waals surface area (Å²) in [6.45, 7) is 0. The number of amides is 2. The first-order valence-electron chi connectivity index (χ1n) is 7.70. The summed E-state index contributed by atoms with van der Waals surface area (Å²) >= 11 is 0. The van der Waals surface area contributed by atoms with E-state index in [4.69, 9.17) is 0 Å². The van der Waals surface area contributed by atoms with Crippen LogP contribution in [0.5, 0.6) is 0 Å². The number of benzene rings is 2. The van der Waals surface area contributed by atoms with E-state index in [0.717, 1.165) is 12.4 Å². The van der Waals surface area contributed by atoms with Crippen molar-refractivity contribution in [3.05, 3.63) is 71.8 Å². The fraction of sp³-hybridized carbons (Fsp3) is 0.111. The summed E-state index contributed by atoms with van der Waals surface area (Å²) in [6.07, 6.45) is -0.452. The standard InChI is InChI=1S/C18H18N4O4/c23-15(13-7-3-1-4-8-13)17(25)21-19-11-12-20-22-18(26)16(24)14-9-5-2-6-10-14/h1-12,15-16,23-24H,(H,21,25)(H,22,26)/b19-11+,20-12+/t15-,16-/m1/s1. The molecule has 0 saturated heterocycles. The lowest BCUT2D eigenvalue weighted by Crippen LogP contribution is -2.26. The molecule has 2 rings (SSSR count). The fourth-order valence-corrected chi connectivity index (χ4v) is 1.96. The summed E-state index contributed by atoms with van der Waals surface area (Å²) in [5.74, 6) is -1.41. The molecule has 4 N–H and O–H groups in total. The molecule has 8 nitrogen and oxygen atoms in total. The first-order valence-corrected chi connectivity index (χ1v) is 7.70. The van der Waals surface area contributed by atoms with Crippen molar-refractivity contribution in [2.24, 2.45) is 10.2 Å². The van der Waals surface area contributed by atoms with Crippen LogP contribution in [0.3, 0.4) is 0 Å². The predicted molar refractivity (Wildman–Crippen MR) is 96.1 cm³/mol. The van der Waals surface area contributed by atoms with Gasteiger partial charge in [0.05, 0.1) is 12.4 Å². The first-order chi connectivity index (χ1) is 12.6. The number of nitrogens with one attached hydrogen (secondary N) is 2. The van der Waals surface area contributed by atoms with Gasteiger partial charge in [-0.2, -0.15) is 10.2 Å². The molecule has 0 fully saturated rings. The van der Waals surface area contributed by atoms with Crippen LogP contribution in [0.2, 0.25) is 0 Å². The topological polar surface area (TPSA) is 123 Å². The van der Waals surface area contributed by atoms with Crippen LogP contribution in [-0.2, 0) is 9.59 Å². The molecule has 0 aromatic heterocycles. The quantitative estimate of drug-likeness (QED) is 0.431. The molecule has 134 valence electrons. The Hall–Kier alpha value is -3.36. The van der Waals surface area contributed by atoms with Crippen molar-refractivity contribution in [3.63, 3.8) is 0 Å². The molecule has 0 aliphatic heterocycles. The van der Waals surface area contributed by atoms with Crippen molar-refractivity contribution in [1.82, 2.24) is 10.9 Å². The van der Waals surface area contributed by atoms with Crippen LogP contribution >= 0.6 is 0 Å². The molecule has 0 radical (unpaired) electrons. The van der Waals surface area contributed by atoms with Crippen LogP contribution in [0, 0.1) is 0 Å². The summed E-state index contributed by atoms with van der Waals surface area (Å²) in [7, 11) is 0. The van der Waals surface area contributed by atoms with Crippen LogP contribution in [0.15, 0.2) is 70.9 Å². The van der Waals surface area contributed by atoms with Crippen LogP contribution in [0.4, 0.5) is 0 Å². The molecule has 0 bridgehead atoms. The summed E-state index contributed by atoms with van der Waals surface area (Å²) in [5.41, 5.74) is 5.17. The largest absolute Gasteiger partial charge is 0.378 e. The Labute approximate surface area is 149 Å². The molecule has 0 aliphatic carbocycles. The molecule has 0 aliphatic rings. The van der Waals surface area contributed by atoms with Crippen LogP contribution in [0.1, 0.15) is 23.3 Å². The van der Waals surface area contributed by atoms with Gasteiger partial charge in [-0.3, -0.25) is 9.59 Å². The van der Waals surface area contributed by atoms with Crippen molar-refractivity contribution in [1.29, 1.82) is 0 Å². The van der Waals surface area contributed by atoms with Gasteiger partial charge < -0.3 is 10.2 Å². The van der Waals surface area contributed by atoms with Gasteiger partial charge in [-0.25, -0.2) is 10.9 Å². The number of aliphatic hydroxyl groups is 2. The minimum Gasteiger partial charge on any atom is -0.378 e. The molecule has 0 spiro atoms. The number of carbonyl (C=O) groups is 2. The second-order valence-corrected chi connectivity index (χ2v) is 5.13. The lowest BCUT2D eigenvalue weighted by molar-refractivity contribution is -0.130. The smallest absolute Gasteiger partial charge is 0.273 e. The summed E-state index contributed by atoms with van der Waals surface area (Å²) in [5, 5.41) is 26.8. The highest BCUT2D eigenvalue weighted by atomic mass is 16.3. The van der Waals surface area contributed by atoms with Crippen molar-refractivity contribution in [2.45, 2.75) is 12.2 Å². The number of hydrogen-bond acceptors (Lipinski definition) is 6. The minimum atomic E-state index is -1.34. The second kappa shape index (κ2) is 9.82. The third-order valence-corrected chi connectivity index (χ3v) is 3.29. The van der Waals surface area contributed by atoms with Gasteiger partial charge in [-0.15, -0.1) is 0 Å². The van der Waals surface area contributed by atoms with Gasteiger partial charge in [0.2, 0.25) is 0 Å². The Bertz CT molecular complexity index is 711. The lowest BCUT2D eigenvalue weighted by atomic mass is 10.1. The van der Waals surface area contributed by atoms with Crippen molar-refractivity contribution < 1.29 is 19.8 Å². The van der Waals surface area contributed by atoms with Crippen molar-refractivity contribution >= 4 is 24.2 Å². The van der Waals surface area contributed by atoms with E-state index in [1.165, 1.54) is 0 Å². The van der Waals surface area contributed by atoms with Gasteiger partial charge in [-0.05, 0) is 11.1 Å². The van der Waals surface area contributed by atoms with Crippen LogP contribution in [-0.4, -0.2) is 34.5 Å². The number of rotatable bonds is 7. The Kier molecular flexibility index (Phi) is 7.17. The Morgan fingerprint density at radius 1 is 0.731 bits per heavy atom.